The maximum Gasteiger partial charge on any atom is 0.273 e. The zero-order chi connectivity index (χ0) is 15.8. The van der Waals surface area contributed by atoms with E-state index in [-0.39, 0.29) is 5.91 Å². The lowest BCUT2D eigenvalue weighted by Gasteiger charge is -2.30. The van der Waals surface area contributed by atoms with E-state index in [1.807, 2.05) is 11.5 Å². The second-order valence-electron chi connectivity index (χ2n) is 6.60. The van der Waals surface area contributed by atoms with Gasteiger partial charge in [-0.2, -0.15) is 0 Å². The van der Waals surface area contributed by atoms with Crippen molar-refractivity contribution in [3.05, 3.63) is 29.3 Å². The van der Waals surface area contributed by atoms with Crippen molar-refractivity contribution in [3.63, 3.8) is 0 Å². The molecule has 0 saturated carbocycles. The molecule has 5 heteroatoms. The van der Waals surface area contributed by atoms with E-state index in [1.165, 1.54) is 5.56 Å². The number of hydrogen-bond acceptors (Lipinski definition) is 3. The average molecular weight is 304 g/mol. The van der Waals surface area contributed by atoms with E-state index >= 15 is 0 Å². The average Bonchev–Trinajstić information content (AvgIpc) is 2.66. The summed E-state index contributed by atoms with van der Waals surface area (Å²) in [6.07, 6.45) is 0. The van der Waals surface area contributed by atoms with Crippen molar-refractivity contribution in [1.82, 2.24) is 0 Å². The molecule has 0 saturated heterocycles. The molecule has 0 fully saturated rings. The minimum Gasteiger partial charge on any atom is -0.395 e. The van der Waals surface area contributed by atoms with Crippen LogP contribution in [0.25, 0.3) is 0 Å². The highest BCUT2D eigenvalue weighted by molar-refractivity contribution is 6.87. The number of fused-ring (bicyclic) bond motifs is 1. The third-order valence-electron chi connectivity index (χ3n) is 3.54. The first-order valence-electron chi connectivity index (χ1n) is 7.46. The van der Waals surface area contributed by atoms with Crippen LogP contribution < -0.4 is 4.57 Å². The number of rotatable bonds is 4. The van der Waals surface area contributed by atoms with Crippen LogP contribution in [0, 0.1) is 0 Å². The molecule has 1 aliphatic heterocycles. The fourth-order valence-electron chi connectivity index (χ4n) is 2.51. The first-order chi connectivity index (χ1) is 9.77. The number of carbonyl (C=O) groups excluding carboxylic acids is 1. The zero-order valence-corrected chi connectivity index (χ0v) is 14.7. The fourth-order valence-corrected chi connectivity index (χ4v) is 4.14. The van der Waals surface area contributed by atoms with Gasteiger partial charge in [0.25, 0.3) is 5.91 Å². The summed E-state index contributed by atoms with van der Waals surface area (Å²) >= 11 is 0. The normalized spacial score (nSPS) is 16.8. The molecule has 0 radical (unpaired) electrons. The Kier molecular flexibility index (Phi) is 4.23. The Morgan fingerprint density at radius 2 is 1.95 bits per heavy atom. The van der Waals surface area contributed by atoms with E-state index in [0.29, 0.717) is 18.2 Å². The molecule has 1 amide bonds. The summed E-state index contributed by atoms with van der Waals surface area (Å²) in [6.45, 7) is 13.1. The standard InChI is InChI=1S/C16H24N2O2Si/c1-7-20-17-15-13-10-12(11(2)3)8-9-14(13)18(16(15)19)21(4,5)6/h8-11H,7H2,1-6H3/b17-15-. The molecule has 21 heavy (non-hydrogen) atoms. The summed E-state index contributed by atoms with van der Waals surface area (Å²) in [5.74, 6) is 0.387. The predicted molar refractivity (Wildman–Crippen MR) is 89.5 cm³/mol. The van der Waals surface area contributed by atoms with E-state index < -0.39 is 8.24 Å². The zero-order valence-electron chi connectivity index (χ0n) is 13.7. The van der Waals surface area contributed by atoms with Crippen LogP contribution in [0.15, 0.2) is 23.4 Å². The molecule has 0 spiro atoms. The molecule has 0 N–H and O–H groups in total. The molecular weight excluding hydrogens is 280 g/mol. The Balaban J connectivity index is 2.60. The predicted octanol–water partition coefficient (Wildman–Crippen LogP) is 3.73. The summed E-state index contributed by atoms with van der Waals surface area (Å²) in [4.78, 5) is 17.9. The Morgan fingerprint density at radius 3 is 2.48 bits per heavy atom. The second kappa shape index (κ2) is 5.64. The number of anilines is 1. The van der Waals surface area contributed by atoms with Crippen LogP contribution in [0.3, 0.4) is 0 Å². The largest absolute Gasteiger partial charge is 0.395 e. The van der Waals surface area contributed by atoms with Gasteiger partial charge in [0.1, 0.15) is 6.61 Å². The molecule has 114 valence electrons. The van der Waals surface area contributed by atoms with Gasteiger partial charge in [0.05, 0.1) is 0 Å². The van der Waals surface area contributed by atoms with Crippen LogP contribution in [0.2, 0.25) is 19.6 Å². The summed E-state index contributed by atoms with van der Waals surface area (Å²) < 4.78 is 1.93. The Bertz CT molecular complexity index is 588. The molecule has 0 unspecified atom stereocenters. The summed E-state index contributed by atoms with van der Waals surface area (Å²) in [6, 6.07) is 6.23. The molecule has 1 aromatic carbocycles. The van der Waals surface area contributed by atoms with E-state index in [9.17, 15) is 4.79 Å². The van der Waals surface area contributed by atoms with E-state index in [4.69, 9.17) is 4.84 Å². The van der Waals surface area contributed by atoms with Crippen LogP contribution >= 0.6 is 0 Å². The third-order valence-corrected chi connectivity index (χ3v) is 5.33. The monoisotopic (exact) mass is 304 g/mol. The maximum absolute atomic E-state index is 12.7. The number of hydrogen-bond donors (Lipinski definition) is 0. The van der Waals surface area contributed by atoms with Gasteiger partial charge in [-0.15, -0.1) is 0 Å². The van der Waals surface area contributed by atoms with E-state index in [2.05, 4.69) is 56.8 Å². The fraction of sp³-hybridized carbons (Fsp3) is 0.500. The Hall–Kier alpha value is -1.62. The number of oxime groups is 1. The molecular formula is C16H24N2O2Si. The highest BCUT2D eigenvalue weighted by Crippen LogP contribution is 2.35. The second-order valence-corrected chi connectivity index (χ2v) is 11.4. The van der Waals surface area contributed by atoms with Gasteiger partial charge in [-0.25, -0.2) is 0 Å². The van der Waals surface area contributed by atoms with Crippen LogP contribution in [-0.4, -0.2) is 26.5 Å². The van der Waals surface area contributed by atoms with Gasteiger partial charge in [-0.05, 0) is 30.5 Å². The van der Waals surface area contributed by atoms with Gasteiger partial charge in [0.15, 0.2) is 13.9 Å². The van der Waals surface area contributed by atoms with Gasteiger partial charge in [-0.3, -0.25) is 4.79 Å². The lowest BCUT2D eigenvalue weighted by atomic mass is 9.99. The van der Waals surface area contributed by atoms with Crippen LogP contribution in [-0.2, 0) is 9.63 Å². The smallest absolute Gasteiger partial charge is 0.273 e. The van der Waals surface area contributed by atoms with Gasteiger partial charge in [0, 0.05) is 11.3 Å². The number of amides is 1. The lowest BCUT2D eigenvalue weighted by Crippen LogP contribution is -2.49. The van der Waals surface area contributed by atoms with E-state index in [0.717, 1.165) is 11.3 Å². The molecule has 1 aromatic rings. The van der Waals surface area contributed by atoms with Gasteiger partial charge in [0.2, 0.25) is 0 Å². The van der Waals surface area contributed by atoms with Crippen LogP contribution in [0.4, 0.5) is 5.69 Å². The quantitative estimate of drug-likeness (QED) is 0.628. The molecule has 1 aliphatic rings. The van der Waals surface area contributed by atoms with Gasteiger partial charge < -0.3 is 9.40 Å². The van der Waals surface area contributed by atoms with E-state index in [1.54, 1.807) is 0 Å². The highest BCUT2D eigenvalue weighted by atomic mass is 28.3. The minimum atomic E-state index is -1.82. The van der Waals surface area contributed by atoms with Crippen molar-refractivity contribution >= 4 is 25.5 Å². The van der Waals surface area contributed by atoms with Crippen molar-refractivity contribution < 1.29 is 9.63 Å². The molecule has 2 rings (SSSR count). The van der Waals surface area contributed by atoms with Gasteiger partial charge >= 0.3 is 0 Å². The maximum atomic E-state index is 12.7. The molecule has 4 nitrogen and oxygen atoms in total. The summed E-state index contributed by atoms with van der Waals surface area (Å²) in [5, 5.41) is 4.08. The van der Waals surface area contributed by atoms with Crippen molar-refractivity contribution in [2.45, 2.75) is 46.3 Å². The van der Waals surface area contributed by atoms with Crippen molar-refractivity contribution in [1.29, 1.82) is 0 Å². The molecule has 0 atom stereocenters. The molecule has 0 aromatic heterocycles. The van der Waals surface area contributed by atoms with Gasteiger partial charge in [-0.1, -0.05) is 44.7 Å². The number of benzene rings is 1. The summed E-state index contributed by atoms with van der Waals surface area (Å²) in [7, 11) is -1.82. The first-order valence-corrected chi connectivity index (χ1v) is 10.9. The first kappa shape index (κ1) is 15.8. The topological polar surface area (TPSA) is 41.9 Å². The Morgan fingerprint density at radius 1 is 1.29 bits per heavy atom. The molecule has 1 heterocycles. The highest BCUT2D eigenvalue weighted by Gasteiger charge is 2.41. The van der Waals surface area contributed by atoms with Crippen LogP contribution in [0.5, 0.6) is 0 Å². The molecule has 0 bridgehead atoms. The third kappa shape index (κ3) is 2.88. The summed E-state index contributed by atoms with van der Waals surface area (Å²) in [5.41, 5.74) is 3.53. The van der Waals surface area contributed by atoms with Crippen molar-refractivity contribution in [2.75, 3.05) is 11.2 Å². The van der Waals surface area contributed by atoms with Crippen molar-refractivity contribution in [3.8, 4) is 0 Å². The SMILES string of the molecule is CCO/N=C1\C(=O)N([Si](C)(C)C)c2ccc(C(C)C)cc21. The Labute approximate surface area is 127 Å². The number of nitrogens with zero attached hydrogens (tertiary/aromatic N) is 2. The van der Waals surface area contributed by atoms with Crippen molar-refractivity contribution in [2.24, 2.45) is 5.16 Å². The van der Waals surface area contributed by atoms with Crippen LogP contribution in [0.1, 0.15) is 37.8 Å². The minimum absolute atomic E-state index is 0.0291. The lowest BCUT2D eigenvalue weighted by molar-refractivity contribution is -0.111. The number of carbonyl (C=O) groups is 1. The molecule has 0 aliphatic carbocycles.